The zero-order chi connectivity index (χ0) is 20.4. The van der Waals surface area contributed by atoms with E-state index in [1.165, 1.54) is 12.1 Å². The second-order valence-electron chi connectivity index (χ2n) is 7.30. The Bertz CT molecular complexity index is 635. The monoisotopic (exact) mass is 380 g/mol. The highest BCUT2D eigenvalue weighted by atomic mass is 19.1. The van der Waals surface area contributed by atoms with Crippen molar-refractivity contribution in [3.63, 3.8) is 0 Å². The highest BCUT2D eigenvalue weighted by Gasteiger charge is 2.19. The Balaban J connectivity index is 2.57. The number of halogens is 1. The van der Waals surface area contributed by atoms with Crippen LogP contribution < -0.4 is 16.1 Å². The Morgan fingerprint density at radius 2 is 1.96 bits per heavy atom. The van der Waals surface area contributed by atoms with Gasteiger partial charge in [-0.2, -0.15) is 0 Å². The number of rotatable bonds is 9. The van der Waals surface area contributed by atoms with Crippen LogP contribution in [0.25, 0.3) is 0 Å². The van der Waals surface area contributed by atoms with Crippen LogP contribution in [-0.2, 0) is 14.3 Å². The number of benzene rings is 1. The minimum Gasteiger partial charge on any atom is -0.466 e. The van der Waals surface area contributed by atoms with Gasteiger partial charge in [0.25, 0.3) is 0 Å². The summed E-state index contributed by atoms with van der Waals surface area (Å²) in [6.45, 7) is 8.49. The summed E-state index contributed by atoms with van der Waals surface area (Å²) in [6.07, 6.45) is 0.346. The molecule has 2 N–H and O–H groups in total. The molecular weight excluding hydrogens is 350 g/mol. The predicted molar refractivity (Wildman–Crippen MR) is 105 cm³/mol. The van der Waals surface area contributed by atoms with Gasteiger partial charge in [0.2, 0.25) is 0 Å². The Morgan fingerprint density at radius 1 is 1.26 bits per heavy atom. The van der Waals surface area contributed by atoms with Gasteiger partial charge in [-0.25, -0.2) is 9.18 Å². The minimum atomic E-state index is -0.535. The maximum absolute atomic E-state index is 13.4. The molecule has 1 aromatic rings. The molecule has 0 aliphatic carbocycles. The molecule has 1 amide bonds. The van der Waals surface area contributed by atoms with Gasteiger partial charge in [-0.15, -0.1) is 0 Å². The second-order valence-corrected chi connectivity index (χ2v) is 7.30. The average molecular weight is 380 g/mol. The fraction of sp³-hybridized carbons (Fsp3) is 0.579. The van der Waals surface area contributed by atoms with Crippen LogP contribution in [0.3, 0.4) is 0 Å². The van der Waals surface area contributed by atoms with Crippen molar-refractivity contribution in [2.45, 2.75) is 52.2 Å². The van der Waals surface area contributed by atoms with Crippen LogP contribution >= 0.6 is 0 Å². The molecule has 1 atom stereocenters. The first-order valence-electron chi connectivity index (χ1n) is 9.24. The third-order valence-corrected chi connectivity index (χ3v) is 3.70. The summed E-state index contributed by atoms with van der Waals surface area (Å²) in [6, 6.07) is 4.22. The van der Waals surface area contributed by atoms with E-state index < -0.39 is 11.7 Å². The van der Waals surface area contributed by atoms with Crippen molar-refractivity contribution >= 4 is 25.4 Å². The molecule has 0 saturated heterocycles. The van der Waals surface area contributed by atoms with Crippen LogP contribution in [0.15, 0.2) is 18.2 Å². The first kappa shape index (κ1) is 23.0. The smallest absolute Gasteiger partial charge is 0.407 e. The van der Waals surface area contributed by atoms with Crippen molar-refractivity contribution in [1.82, 2.24) is 10.6 Å². The second kappa shape index (κ2) is 10.9. The number of carbonyl (C=O) groups excluding carboxylic acids is 2. The average Bonchev–Trinajstić information content (AvgIpc) is 2.52. The summed E-state index contributed by atoms with van der Waals surface area (Å²) < 4.78 is 23.6. The SMILES string of the molecule is Bc1cc(F)ccc1[C@@H](CC(=O)OCC)NCCCNC(=O)OC(C)(C)C. The first-order valence-corrected chi connectivity index (χ1v) is 9.24. The Hall–Kier alpha value is -2.09. The summed E-state index contributed by atoms with van der Waals surface area (Å²) in [4.78, 5) is 23.5. The molecule has 0 saturated carbocycles. The largest absolute Gasteiger partial charge is 0.466 e. The summed E-state index contributed by atoms with van der Waals surface area (Å²) in [5.41, 5.74) is 1.08. The zero-order valence-electron chi connectivity index (χ0n) is 16.9. The van der Waals surface area contributed by atoms with Crippen LogP contribution in [0.5, 0.6) is 0 Å². The lowest BCUT2D eigenvalue weighted by Crippen LogP contribution is -2.35. The van der Waals surface area contributed by atoms with Gasteiger partial charge >= 0.3 is 12.1 Å². The van der Waals surface area contributed by atoms with Crippen LogP contribution in [0.1, 0.15) is 52.1 Å². The molecule has 0 heterocycles. The van der Waals surface area contributed by atoms with Crippen LogP contribution in [0.4, 0.5) is 9.18 Å². The third kappa shape index (κ3) is 9.42. The molecule has 1 rings (SSSR count). The summed E-state index contributed by atoms with van der Waals surface area (Å²) in [5.74, 6) is -0.627. The fourth-order valence-electron chi connectivity index (χ4n) is 2.58. The number of carbonyl (C=O) groups is 2. The van der Waals surface area contributed by atoms with E-state index in [1.54, 1.807) is 33.8 Å². The van der Waals surface area contributed by atoms with Gasteiger partial charge in [0.05, 0.1) is 13.0 Å². The van der Waals surface area contributed by atoms with Gasteiger partial charge in [0.1, 0.15) is 19.3 Å². The summed E-state index contributed by atoms with van der Waals surface area (Å²) >= 11 is 0. The lowest BCUT2D eigenvalue weighted by atomic mass is 9.86. The Kier molecular flexibility index (Phi) is 9.28. The molecule has 0 fully saturated rings. The summed E-state index contributed by atoms with van der Waals surface area (Å²) in [7, 11) is 1.81. The van der Waals surface area contributed by atoms with Gasteiger partial charge < -0.3 is 20.1 Å². The number of nitrogens with one attached hydrogen (secondary N) is 2. The molecule has 6 nitrogen and oxygen atoms in total. The van der Waals surface area contributed by atoms with E-state index in [-0.39, 0.29) is 24.2 Å². The first-order chi connectivity index (χ1) is 12.6. The van der Waals surface area contributed by atoms with Crippen molar-refractivity contribution in [3.05, 3.63) is 29.6 Å². The predicted octanol–water partition coefficient (Wildman–Crippen LogP) is 1.58. The van der Waals surface area contributed by atoms with Crippen LogP contribution in [0, 0.1) is 5.82 Å². The van der Waals surface area contributed by atoms with Gasteiger partial charge in [-0.3, -0.25) is 4.79 Å². The quantitative estimate of drug-likeness (QED) is 0.387. The van der Waals surface area contributed by atoms with E-state index >= 15 is 0 Å². The topological polar surface area (TPSA) is 76.7 Å². The van der Waals surface area contributed by atoms with E-state index in [4.69, 9.17) is 9.47 Å². The Morgan fingerprint density at radius 3 is 2.56 bits per heavy atom. The van der Waals surface area contributed by atoms with E-state index in [9.17, 15) is 14.0 Å². The Labute approximate surface area is 161 Å². The van der Waals surface area contributed by atoms with E-state index in [1.807, 2.05) is 7.85 Å². The molecule has 0 aliphatic rings. The van der Waals surface area contributed by atoms with Gasteiger partial charge in [0.15, 0.2) is 0 Å². The maximum Gasteiger partial charge on any atom is 0.407 e. The van der Waals surface area contributed by atoms with Crippen molar-refractivity contribution < 1.29 is 23.5 Å². The zero-order valence-corrected chi connectivity index (χ0v) is 16.9. The maximum atomic E-state index is 13.4. The number of amides is 1. The number of alkyl carbamates (subject to hydrolysis) is 1. The van der Waals surface area contributed by atoms with Gasteiger partial charge in [-0.1, -0.05) is 11.5 Å². The highest BCUT2D eigenvalue weighted by molar-refractivity contribution is 6.33. The number of hydrogen-bond acceptors (Lipinski definition) is 5. The minimum absolute atomic E-state index is 0.153. The van der Waals surface area contributed by atoms with E-state index in [2.05, 4.69) is 10.6 Å². The number of ether oxygens (including phenoxy) is 2. The fourth-order valence-corrected chi connectivity index (χ4v) is 2.58. The molecule has 0 unspecified atom stereocenters. The van der Waals surface area contributed by atoms with Gasteiger partial charge in [0, 0.05) is 12.6 Å². The van der Waals surface area contributed by atoms with E-state index in [0.29, 0.717) is 26.1 Å². The van der Waals surface area contributed by atoms with E-state index in [0.717, 1.165) is 11.0 Å². The van der Waals surface area contributed by atoms with Crippen LogP contribution in [-0.4, -0.2) is 45.2 Å². The molecular formula is C19H30BFN2O4. The molecule has 0 aliphatic heterocycles. The van der Waals surface area contributed by atoms with Gasteiger partial charge in [-0.05, 0) is 58.4 Å². The molecule has 8 heteroatoms. The normalized spacial score (nSPS) is 12.3. The standard InChI is InChI=1S/C19H30BFN2O4/c1-5-26-17(24)12-16(14-8-7-13(21)11-15(14)20)22-9-6-10-23-18(25)27-19(2,3)4/h7-8,11,16,22H,5-6,9-10,12,20H2,1-4H3,(H,23,25)/t16-/m1/s1. The van der Waals surface area contributed by atoms with Crippen molar-refractivity contribution in [3.8, 4) is 0 Å². The lowest BCUT2D eigenvalue weighted by Gasteiger charge is -2.21. The third-order valence-electron chi connectivity index (χ3n) is 3.70. The number of esters is 1. The molecule has 150 valence electrons. The molecule has 0 radical (unpaired) electrons. The molecule has 0 spiro atoms. The molecule has 0 bridgehead atoms. The van der Waals surface area contributed by atoms with Crippen molar-refractivity contribution in [2.75, 3.05) is 19.7 Å². The van der Waals surface area contributed by atoms with Crippen molar-refractivity contribution in [2.24, 2.45) is 0 Å². The van der Waals surface area contributed by atoms with Crippen LogP contribution in [0.2, 0.25) is 0 Å². The molecule has 0 aromatic heterocycles. The summed E-state index contributed by atoms with van der Waals surface area (Å²) in [5, 5.41) is 5.98. The van der Waals surface area contributed by atoms with Crippen molar-refractivity contribution in [1.29, 1.82) is 0 Å². The lowest BCUT2D eigenvalue weighted by molar-refractivity contribution is -0.143. The molecule has 1 aromatic carbocycles. The molecule has 27 heavy (non-hydrogen) atoms. The highest BCUT2D eigenvalue weighted by Crippen LogP contribution is 2.16. The number of hydrogen-bond donors (Lipinski definition) is 2.